The zero-order valence-electron chi connectivity index (χ0n) is 10.6. The van der Waals surface area contributed by atoms with E-state index in [9.17, 15) is 9.90 Å². The van der Waals surface area contributed by atoms with Crippen molar-refractivity contribution in [2.45, 2.75) is 12.8 Å². The predicted octanol–water partition coefficient (Wildman–Crippen LogP) is 2.67. The highest BCUT2D eigenvalue weighted by Crippen LogP contribution is 2.18. The van der Waals surface area contributed by atoms with E-state index < -0.39 is 11.9 Å². The molecule has 1 N–H and O–H groups in total. The number of benzene rings is 1. The molecule has 1 atom stereocenters. The lowest BCUT2D eigenvalue weighted by Gasteiger charge is -2.11. The number of carbonyl (C=O) groups is 1. The summed E-state index contributed by atoms with van der Waals surface area (Å²) in [5, 5.41) is 13.4. The first-order valence-corrected chi connectivity index (χ1v) is 6.78. The van der Waals surface area contributed by atoms with E-state index in [0.717, 1.165) is 15.6 Å². The molecule has 19 heavy (non-hydrogen) atoms. The molecule has 0 amide bonds. The molecule has 2 aromatic rings. The van der Waals surface area contributed by atoms with Crippen molar-refractivity contribution in [1.82, 2.24) is 9.78 Å². The summed E-state index contributed by atoms with van der Waals surface area (Å²) < 4.78 is 2.66. The molecule has 1 aromatic carbocycles. The average molecular weight is 323 g/mol. The van der Waals surface area contributed by atoms with Crippen LogP contribution in [-0.2, 0) is 24.7 Å². The number of carboxylic acids is 1. The largest absolute Gasteiger partial charge is 0.481 e. The van der Waals surface area contributed by atoms with Gasteiger partial charge in [-0.05, 0) is 36.1 Å². The van der Waals surface area contributed by atoms with Crippen molar-refractivity contribution >= 4 is 21.9 Å². The molecule has 0 bridgehead atoms. The van der Waals surface area contributed by atoms with Crippen LogP contribution < -0.4 is 0 Å². The van der Waals surface area contributed by atoms with Crippen molar-refractivity contribution in [3.63, 3.8) is 0 Å². The molecule has 100 valence electrons. The highest BCUT2D eigenvalue weighted by Gasteiger charge is 2.19. The Morgan fingerprint density at radius 1 is 1.42 bits per heavy atom. The third kappa shape index (κ3) is 3.92. The maximum Gasteiger partial charge on any atom is 0.307 e. The summed E-state index contributed by atoms with van der Waals surface area (Å²) in [6.07, 6.45) is 4.59. The molecule has 0 aliphatic carbocycles. The lowest BCUT2D eigenvalue weighted by molar-refractivity contribution is -0.141. The molecule has 1 heterocycles. The van der Waals surface area contributed by atoms with Gasteiger partial charge in [0.05, 0.1) is 12.1 Å². The lowest BCUT2D eigenvalue weighted by Crippen LogP contribution is -2.19. The maximum atomic E-state index is 11.4. The van der Waals surface area contributed by atoms with Crippen LogP contribution in [0.3, 0.4) is 0 Å². The number of hydrogen-bond acceptors (Lipinski definition) is 2. The number of halogens is 1. The SMILES string of the molecule is Cn1cc(CC(Cc2cccc(Br)c2)C(=O)O)cn1. The molecule has 1 aromatic heterocycles. The first-order valence-electron chi connectivity index (χ1n) is 5.99. The fraction of sp³-hybridized carbons (Fsp3) is 0.286. The third-order valence-electron chi connectivity index (χ3n) is 2.96. The molecule has 0 saturated carbocycles. The van der Waals surface area contributed by atoms with Crippen LogP contribution in [0.5, 0.6) is 0 Å². The van der Waals surface area contributed by atoms with Gasteiger partial charge >= 0.3 is 5.97 Å². The standard InChI is InChI=1S/C14H15BrN2O2/c1-17-9-11(8-16-17)6-12(14(18)19)5-10-3-2-4-13(15)7-10/h2-4,7-9,12H,5-6H2,1H3,(H,18,19). The monoisotopic (exact) mass is 322 g/mol. The van der Waals surface area contributed by atoms with Crippen molar-refractivity contribution < 1.29 is 9.90 Å². The second-order valence-corrected chi connectivity index (χ2v) is 5.51. The Balaban J connectivity index is 2.10. The second kappa shape index (κ2) is 6.02. The van der Waals surface area contributed by atoms with E-state index >= 15 is 0 Å². The van der Waals surface area contributed by atoms with Gasteiger partial charge in [0.25, 0.3) is 0 Å². The Labute approximate surface area is 120 Å². The van der Waals surface area contributed by atoms with Gasteiger partial charge in [0.15, 0.2) is 0 Å². The van der Waals surface area contributed by atoms with Gasteiger partial charge in [0.2, 0.25) is 0 Å². The van der Waals surface area contributed by atoms with Crippen LogP contribution in [0, 0.1) is 5.92 Å². The minimum absolute atomic E-state index is 0.432. The van der Waals surface area contributed by atoms with Crippen LogP contribution in [0.1, 0.15) is 11.1 Å². The van der Waals surface area contributed by atoms with Gasteiger partial charge in [-0.3, -0.25) is 9.48 Å². The Morgan fingerprint density at radius 2 is 2.16 bits per heavy atom. The summed E-state index contributed by atoms with van der Waals surface area (Å²) in [4.78, 5) is 11.4. The summed E-state index contributed by atoms with van der Waals surface area (Å²) in [5.41, 5.74) is 1.97. The topological polar surface area (TPSA) is 55.1 Å². The Morgan fingerprint density at radius 3 is 2.74 bits per heavy atom. The second-order valence-electron chi connectivity index (χ2n) is 4.60. The van der Waals surface area contributed by atoms with Crippen molar-refractivity contribution in [3.8, 4) is 0 Å². The smallest absolute Gasteiger partial charge is 0.307 e. The molecule has 0 spiro atoms. The fourth-order valence-corrected chi connectivity index (χ4v) is 2.50. The van der Waals surface area contributed by atoms with Crippen molar-refractivity contribution in [3.05, 3.63) is 52.3 Å². The maximum absolute atomic E-state index is 11.4. The number of hydrogen-bond donors (Lipinski definition) is 1. The van der Waals surface area contributed by atoms with Gasteiger partial charge in [0.1, 0.15) is 0 Å². The first kappa shape index (κ1) is 13.8. The predicted molar refractivity (Wildman–Crippen MR) is 75.9 cm³/mol. The average Bonchev–Trinajstić information content (AvgIpc) is 2.74. The van der Waals surface area contributed by atoms with E-state index in [2.05, 4.69) is 21.0 Å². The molecule has 0 aliphatic heterocycles. The van der Waals surface area contributed by atoms with Crippen LogP contribution in [0.15, 0.2) is 41.1 Å². The Bertz CT molecular complexity index is 580. The van der Waals surface area contributed by atoms with Crippen LogP contribution >= 0.6 is 15.9 Å². The van der Waals surface area contributed by atoms with Crippen molar-refractivity contribution in [2.24, 2.45) is 13.0 Å². The molecule has 5 heteroatoms. The summed E-state index contributed by atoms with van der Waals surface area (Å²) in [6, 6.07) is 7.76. The third-order valence-corrected chi connectivity index (χ3v) is 3.45. The number of carboxylic acid groups (broad SMARTS) is 1. The minimum atomic E-state index is -0.774. The van der Waals surface area contributed by atoms with E-state index in [0.29, 0.717) is 12.8 Å². The normalized spacial score (nSPS) is 12.3. The number of nitrogens with zero attached hydrogens (tertiary/aromatic N) is 2. The molecule has 4 nitrogen and oxygen atoms in total. The van der Waals surface area contributed by atoms with E-state index in [1.54, 1.807) is 10.9 Å². The van der Waals surface area contributed by atoms with Crippen molar-refractivity contribution in [1.29, 1.82) is 0 Å². The summed E-state index contributed by atoms with van der Waals surface area (Å²) in [5.74, 6) is -1.21. The van der Waals surface area contributed by atoms with Gasteiger partial charge in [-0.25, -0.2) is 0 Å². The quantitative estimate of drug-likeness (QED) is 0.920. The van der Waals surface area contributed by atoms with Crippen LogP contribution in [0.2, 0.25) is 0 Å². The van der Waals surface area contributed by atoms with Crippen LogP contribution in [0.4, 0.5) is 0 Å². The summed E-state index contributed by atoms with van der Waals surface area (Å²) in [7, 11) is 1.83. The number of rotatable bonds is 5. The number of aromatic nitrogens is 2. The van der Waals surface area contributed by atoms with Gasteiger partial charge in [-0.15, -0.1) is 0 Å². The zero-order valence-corrected chi connectivity index (χ0v) is 12.2. The van der Waals surface area contributed by atoms with Crippen LogP contribution in [-0.4, -0.2) is 20.9 Å². The highest BCUT2D eigenvalue weighted by atomic mass is 79.9. The lowest BCUT2D eigenvalue weighted by atomic mass is 9.94. The molecule has 0 radical (unpaired) electrons. The highest BCUT2D eigenvalue weighted by molar-refractivity contribution is 9.10. The Hall–Kier alpha value is -1.62. The van der Waals surface area contributed by atoms with E-state index in [4.69, 9.17) is 0 Å². The first-order chi connectivity index (χ1) is 9.04. The van der Waals surface area contributed by atoms with Crippen LogP contribution in [0.25, 0.3) is 0 Å². The van der Waals surface area contributed by atoms with Gasteiger partial charge in [-0.1, -0.05) is 28.1 Å². The molecular weight excluding hydrogens is 308 g/mol. The molecule has 0 aliphatic rings. The molecule has 1 unspecified atom stereocenters. The zero-order chi connectivity index (χ0) is 13.8. The van der Waals surface area contributed by atoms with E-state index in [1.807, 2.05) is 37.5 Å². The molecular formula is C14H15BrN2O2. The van der Waals surface area contributed by atoms with E-state index in [1.165, 1.54) is 0 Å². The number of aliphatic carboxylic acids is 1. The number of aryl methyl sites for hydroxylation is 1. The van der Waals surface area contributed by atoms with E-state index in [-0.39, 0.29) is 0 Å². The molecule has 2 rings (SSSR count). The molecule has 0 fully saturated rings. The van der Waals surface area contributed by atoms with Gasteiger partial charge in [-0.2, -0.15) is 5.10 Å². The van der Waals surface area contributed by atoms with Gasteiger partial charge in [0, 0.05) is 17.7 Å². The Kier molecular flexibility index (Phi) is 4.37. The minimum Gasteiger partial charge on any atom is -0.481 e. The van der Waals surface area contributed by atoms with Crippen molar-refractivity contribution in [2.75, 3.05) is 0 Å². The summed E-state index contributed by atoms with van der Waals surface area (Å²) >= 11 is 3.40. The fourth-order valence-electron chi connectivity index (χ4n) is 2.06. The summed E-state index contributed by atoms with van der Waals surface area (Å²) in [6.45, 7) is 0. The van der Waals surface area contributed by atoms with Gasteiger partial charge < -0.3 is 5.11 Å². The molecule has 0 saturated heterocycles.